The van der Waals surface area contributed by atoms with Crippen molar-refractivity contribution in [3.8, 4) is 0 Å². The minimum Gasteiger partial charge on any atom is -0.0652 e. The summed E-state index contributed by atoms with van der Waals surface area (Å²) < 4.78 is 0. The van der Waals surface area contributed by atoms with Crippen molar-refractivity contribution in [2.24, 2.45) is 5.92 Å². The number of hydrogen-bond acceptors (Lipinski definition) is 0. The molecular weight excluding hydrogens is 235 g/mol. The molecule has 0 aromatic carbocycles. The second-order valence-corrected chi connectivity index (χ2v) is 10.7. The summed E-state index contributed by atoms with van der Waals surface area (Å²) in [6.07, 6.45) is 16.4. The standard InChI is InChI=1S/C17H38P/c1-6-10-13-18(14-11-7-2,15-12-8-3)16-17(5)9-4/h17H,6-16H2,1-5H3/q+1. The summed E-state index contributed by atoms with van der Waals surface area (Å²) in [6, 6.07) is 0. The lowest BCUT2D eigenvalue weighted by Crippen LogP contribution is -2.16. The van der Waals surface area contributed by atoms with Gasteiger partial charge in [-0.05, 0) is 25.2 Å². The van der Waals surface area contributed by atoms with Crippen LogP contribution in [-0.4, -0.2) is 24.6 Å². The van der Waals surface area contributed by atoms with E-state index in [4.69, 9.17) is 0 Å². The molecule has 0 radical (unpaired) electrons. The summed E-state index contributed by atoms with van der Waals surface area (Å²) in [7, 11) is -0.618. The first-order valence-electron chi connectivity index (χ1n) is 8.49. The molecule has 0 saturated carbocycles. The van der Waals surface area contributed by atoms with Crippen molar-refractivity contribution in [1.82, 2.24) is 0 Å². The Morgan fingerprint density at radius 1 is 0.722 bits per heavy atom. The van der Waals surface area contributed by atoms with Gasteiger partial charge in [0.15, 0.2) is 0 Å². The molecule has 0 nitrogen and oxygen atoms in total. The molecule has 0 aliphatic heterocycles. The fourth-order valence-corrected chi connectivity index (χ4v) is 8.64. The molecule has 0 heterocycles. The van der Waals surface area contributed by atoms with Gasteiger partial charge < -0.3 is 0 Å². The topological polar surface area (TPSA) is 0 Å². The predicted molar refractivity (Wildman–Crippen MR) is 90.6 cm³/mol. The minimum absolute atomic E-state index is 0.618. The SMILES string of the molecule is CCCC[P+](CCCC)(CCCC)CC(C)CC. The summed E-state index contributed by atoms with van der Waals surface area (Å²) in [5, 5.41) is 0. The van der Waals surface area contributed by atoms with Gasteiger partial charge in [0, 0.05) is 7.26 Å². The lowest BCUT2D eigenvalue weighted by atomic mass is 10.2. The zero-order valence-corrected chi connectivity index (χ0v) is 14.7. The van der Waals surface area contributed by atoms with E-state index in [0.717, 1.165) is 5.92 Å². The highest BCUT2D eigenvalue weighted by atomic mass is 31.2. The van der Waals surface area contributed by atoms with Gasteiger partial charge in [0.05, 0.1) is 24.6 Å². The number of hydrogen-bond donors (Lipinski definition) is 0. The summed E-state index contributed by atoms with van der Waals surface area (Å²) in [4.78, 5) is 0. The minimum atomic E-state index is -0.618. The Morgan fingerprint density at radius 2 is 1.11 bits per heavy atom. The smallest absolute Gasteiger partial charge is 0.0619 e. The molecule has 0 aliphatic rings. The van der Waals surface area contributed by atoms with E-state index in [9.17, 15) is 0 Å². The Morgan fingerprint density at radius 3 is 1.39 bits per heavy atom. The Balaban J connectivity index is 4.61. The monoisotopic (exact) mass is 273 g/mol. The molecule has 1 atom stereocenters. The molecule has 0 fully saturated rings. The van der Waals surface area contributed by atoms with Gasteiger partial charge in [0.25, 0.3) is 0 Å². The number of rotatable bonds is 12. The van der Waals surface area contributed by atoms with Crippen LogP contribution < -0.4 is 0 Å². The van der Waals surface area contributed by atoms with Gasteiger partial charge in [0.2, 0.25) is 0 Å². The molecule has 110 valence electrons. The van der Waals surface area contributed by atoms with Crippen molar-refractivity contribution in [1.29, 1.82) is 0 Å². The lowest BCUT2D eigenvalue weighted by Gasteiger charge is -2.30. The van der Waals surface area contributed by atoms with Crippen LogP contribution in [0.25, 0.3) is 0 Å². The van der Waals surface area contributed by atoms with E-state index in [1.54, 1.807) is 24.6 Å². The van der Waals surface area contributed by atoms with Crippen LogP contribution in [0.2, 0.25) is 0 Å². The Bertz CT molecular complexity index is 155. The fourth-order valence-electron chi connectivity index (χ4n) is 2.88. The third-order valence-corrected chi connectivity index (χ3v) is 9.55. The van der Waals surface area contributed by atoms with Gasteiger partial charge in [0.1, 0.15) is 0 Å². The van der Waals surface area contributed by atoms with Crippen molar-refractivity contribution in [3.63, 3.8) is 0 Å². The Kier molecular flexibility index (Phi) is 11.5. The Labute approximate surface area is 118 Å². The van der Waals surface area contributed by atoms with Crippen LogP contribution >= 0.6 is 7.26 Å². The van der Waals surface area contributed by atoms with Crippen LogP contribution in [0.15, 0.2) is 0 Å². The first-order chi connectivity index (χ1) is 8.64. The summed E-state index contributed by atoms with van der Waals surface area (Å²) in [5.74, 6) is 0.962. The van der Waals surface area contributed by atoms with E-state index >= 15 is 0 Å². The second-order valence-electron chi connectivity index (χ2n) is 6.27. The highest BCUT2D eigenvalue weighted by Crippen LogP contribution is 2.62. The van der Waals surface area contributed by atoms with E-state index in [0.29, 0.717) is 0 Å². The molecule has 0 rings (SSSR count). The largest absolute Gasteiger partial charge is 0.0652 e. The molecule has 0 saturated heterocycles. The zero-order chi connectivity index (χ0) is 13.9. The van der Waals surface area contributed by atoms with Gasteiger partial charge >= 0.3 is 0 Å². The molecule has 1 unspecified atom stereocenters. The van der Waals surface area contributed by atoms with Crippen LogP contribution in [0.1, 0.15) is 79.6 Å². The average molecular weight is 273 g/mol. The highest BCUT2D eigenvalue weighted by Gasteiger charge is 2.36. The normalized spacial score (nSPS) is 13.8. The van der Waals surface area contributed by atoms with E-state index in [1.165, 1.54) is 44.9 Å². The maximum absolute atomic E-state index is 2.48. The van der Waals surface area contributed by atoms with Crippen molar-refractivity contribution in [2.75, 3.05) is 24.6 Å². The summed E-state index contributed by atoms with van der Waals surface area (Å²) in [5.41, 5.74) is 0. The third kappa shape index (κ3) is 7.78. The van der Waals surface area contributed by atoms with Crippen molar-refractivity contribution >= 4 is 7.26 Å². The van der Waals surface area contributed by atoms with Crippen molar-refractivity contribution in [3.05, 3.63) is 0 Å². The van der Waals surface area contributed by atoms with E-state index in [1.807, 2.05) is 0 Å². The molecule has 0 aromatic rings. The van der Waals surface area contributed by atoms with Gasteiger partial charge in [-0.3, -0.25) is 0 Å². The maximum atomic E-state index is 2.48. The van der Waals surface area contributed by atoms with Crippen LogP contribution in [-0.2, 0) is 0 Å². The lowest BCUT2D eigenvalue weighted by molar-refractivity contribution is 0.625. The molecule has 0 aliphatic carbocycles. The van der Waals surface area contributed by atoms with Gasteiger partial charge in [-0.15, -0.1) is 0 Å². The zero-order valence-electron chi connectivity index (χ0n) is 13.8. The van der Waals surface area contributed by atoms with Crippen LogP contribution in [0.4, 0.5) is 0 Å². The number of unbranched alkanes of at least 4 members (excludes halogenated alkanes) is 3. The molecule has 0 N–H and O–H groups in total. The molecular formula is C17H38P+. The molecule has 0 spiro atoms. The van der Waals surface area contributed by atoms with E-state index in [2.05, 4.69) is 34.6 Å². The summed E-state index contributed by atoms with van der Waals surface area (Å²) in [6.45, 7) is 11.9. The van der Waals surface area contributed by atoms with Crippen molar-refractivity contribution < 1.29 is 0 Å². The summed E-state index contributed by atoms with van der Waals surface area (Å²) >= 11 is 0. The van der Waals surface area contributed by atoms with E-state index < -0.39 is 7.26 Å². The van der Waals surface area contributed by atoms with Crippen LogP contribution in [0, 0.1) is 5.92 Å². The molecule has 1 heteroatoms. The highest BCUT2D eigenvalue weighted by molar-refractivity contribution is 7.75. The molecule has 0 bridgehead atoms. The fraction of sp³-hybridized carbons (Fsp3) is 1.00. The quantitative estimate of drug-likeness (QED) is 0.358. The second kappa shape index (κ2) is 11.3. The van der Waals surface area contributed by atoms with Crippen LogP contribution in [0.5, 0.6) is 0 Å². The third-order valence-electron chi connectivity index (χ3n) is 4.35. The first kappa shape index (κ1) is 18.4. The van der Waals surface area contributed by atoms with Crippen LogP contribution in [0.3, 0.4) is 0 Å². The molecule has 0 amide bonds. The molecule has 0 aromatic heterocycles. The van der Waals surface area contributed by atoms with E-state index in [-0.39, 0.29) is 0 Å². The van der Waals surface area contributed by atoms with Gasteiger partial charge in [-0.1, -0.05) is 60.3 Å². The van der Waals surface area contributed by atoms with Gasteiger partial charge in [-0.25, -0.2) is 0 Å². The average Bonchev–Trinajstić information content (AvgIpc) is 2.40. The van der Waals surface area contributed by atoms with Crippen molar-refractivity contribution in [2.45, 2.75) is 79.6 Å². The predicted octanol–water partition coefficient (Wildman–Crippen LogP) is 6.45. The molecule has 18 heavy (non-hydrogen) atoms. The maximum Gasteiger partial charge on any atom is 0.0619 e. The first-order valence-corrected chi connectivity index (χ1v) is 11.0. The Hall–Kier alpha value is 0.430. The van der Waals surface area contributed by atoms with Gasteiger partial charge in [-0.2, -0.15) is 0 Å².